The Morgan fingerprint density at radius 3 is 2.76 bits per heavy atom. The number of aliphatic imine (C=N–C) groups is 2. The molecule has 0 unspecified atom stereocenters. The molecule has 0 saturated carbocycles. The lowest BCUT2D eigenvalue weighted by molar-refractivity contribution is -0.140. The number of carbonyl (C=O) groups is 2. The topological polar surface area (TPSA) is 93.0 Å². The van der Waals surface area contributed by atoms with Crippen molar-refractivity contribution >= 4 is 44.9 Å². The molecule has 8 heteroatoms. The van der Waals surface area contributed by atoms with Crippen molar-refractivity contribution in [1.29, 1.82) is 0 Å². The van der Waals surface area contributed by atoms with Gasteiger partial charge < -0.3 is 10.1 Å². The SMILES string of the molecule is COC(=O)CC[C@@H]1N=C(c2ccccn2)c2cc(Br)ccc2N=C1CNC(C)=O. The van der Waals surface area contributed by atoms with Gasteiger partial charge >= 0.3 is 5.97 Å². The Morgan fingerprint density at radius 1 is 1.24 bits per heavy atom. The van der Waals surface area contributed by atoms with Crippen LogP contribution < -0.4 is 5.32 Å². The number of fused-ring (bicyclic) bond motifs is 1. The molecule has 0 spiro atoms. The average Bonchev–Trinajstić information content (AvgIpc) is 2.87. The van der Waals surface area contributed by atoms with Gasteiger partial charge in [0.2, 0.25) is 5.91 Å². The Bertz CT molecular complexity index is 973. The van der Waals surface area contributed by atoms with E-state index in [0.29, 0.717) is 23.5 Å². The fourth-order valence-corrected chi connectivity index (χ4v) is 3.35. The lowest BCUT2D eigenvalue weighted by Gasteiger charge is -2.15. The number of amides is 1. The molecule has 3 rings (SSSR count). The summed E-state index contributed by atoms with van der Waals surface area (Å²) in [6.07, 6.45) is 2.32. The van der Waals surface area contributed by atoms with Crippen molar-refractivity contribution in [2.24, 2.45) is 9.98 Å². The van der Waals surface area contributed by atoms with E-state index in [2.05, 4.69) is 26.2 Å². The molecule has 1 atom stereocenters. The van der Waals surface area contributed by atoms with Crippen LogP contribution in [-0.2, 0) is 14.3 Å². The van der Waals surface area contributed by atoms with Crippen LogP contribution in [0.25, 0.3) is 0 Å². The highest BCUT2D eigenvalue weighted by molar-refractivity contribution is 9.10. The molecule has 0 fully saturated rings. The second-order valence-electron chi connectivity index (χ2n) is 6.50. The number of hydrogen-bond donors (Lipinski definition) is 1. The van der Waals surface area contributed by atoms with Crippen molar-refractivity contribution in [3.8, 4) is 0 Å². The molecule has 0 bridgehead atoms. The molecule has 0 radical (unpaired) electrons. The number of pyridine rings is 1. The quantitative estimate of drug-likeness (QED) is 0.675. The van der Waals surface area contributed by atoms with Gasteiger partial charge in [0.1, 0.15) is 0 Å². The minimum atomic E-state index is -0.399. The Hall–Kier alpha value is -2.87. The fraction of sp³-hybridized carbons (Fsp3) is 0.286. The molecule has 2 aromatic rings. The lowest BCUT2D eigenvalue weighted by atomic mass is 10.0. The summed E-state index contributed by atoms with van der Waals surface area (Å²) in [6, 6.07) is 11.0. The zero-order chi connectivity index (χ0) is 20.8. The van der Waals surface area contributed by atoms with Gasteiger partial charge in [-0.2, -0.15) is 0 Å². The Balaban J connectivity index is 2.10. The predicted molar refractivity (Wildman–Crippen MR) is 115 cm³/mol. The minimum Gasteiger partial charge on any atom is -0.469 e. The van der Waals surface area contributed by atoms with Gasteiger partial charge in [-0.3, -0.25) is 24.6 Å². The fourth-order valence-electron chi connectivity index (χ4n) is 2.99. The number of halogens is 1. The normalized spacial score (nSPS) is 15.5. The van der Waals surface area contributed by atoms with E-state index in [0.717, 1.165) is 15.7 Å². The summed E-state index contributed by atoms with van der Waals surface area (Å²) < 4.78 is 5.67. The number of nitrogens with zero attached hydrogens (tertiary/aromatic N) is 3. The van der Waals surface area contributed by atoms with Crippen LogP contribution in [0.15, 0.2) is 57.1 Å². The molecule has 1 aliphatic heterocycles. The molecule has 1 aromatic carbocycles. The molecular weight excluding hydrogens is 436 g/mol. The van der Waals surface area contributed by atoms with Crippen LogP contribution in [0.1, 0.15) is 31.0 Å². The van der Waals surface area contributed by atoms with Crippen molar-refractivity contribution < 1.29 is 14.3 Å². The molecule has 150 valence electrons. The molecule has 1 amide bonds. The van der Waals surface area contributed by atoms with E-state index in [9.17, 15) is 9.59 Å². The second kappa shape index (κ2) is 9.56. The van der Waals surface area contributed by atoms with Crippen LogP contribution in [-0.4, -0.2) is 48.0 Å². The van der Waals surface area contributed by atoms with Gasteiger partial charge in [-0.25, -0.2) is 0 Å². The molecule has 0 saturated heterocycles. The van der Waals surface area contributed by atoms with E-state index in [1.54, 1.807) is 6.20 Å². The largest absolute Gasteiger partial charge is 0.469 e. The van der Waals surface area contributed by atoms with Crippen LogP contribution in [0, 0.1) is 0 Å². The molecule has 1 N–H and O–H groups in total. The number of ether oxygens (including phenoxy) is 1. The van der Waals surface area contributed by atoms with E-state index in [1.165, 1.54) is 14.0 Å². The third-order valence-corrected chi connectivity index (χ3v) is 4.92. The smallest absolute Gasteiger partial charge is 0.305 e. The summed E-state index contributed by atoms with van der Waals surface area (Å²) in [7, 11) is 1.36. The molecule has 1 aromatic heterocycles. The summed E-state index contributed by atoms with van der Waals surface area (Å²) in [6.45, 7) is 1.70. The van der Waals surface area contributed by atoms with Gasteiger partial charge in [-0.05, 0) is 36.8 Å². The van der Waals surface area contributed by atoms with Crippen molar-refractivity contribution in [2.45, 2.75) is 25.8 Å². The average molecular weight is 457 g/mol. The summed E-state index contributed by atoms with van der Waals surface area (Å²) in [4.78, 5) is 37.4. The van der Waals surface area contributed by atoms with Crippen LogP contribution in [0.5, 0.6) is 0 Å². The third kappa shape index (κ3) is 5.35. The van der Waals surface area contributed by atoms with E-state index in [-0.39, 0.29) is 24.8 Å². The van der Waals surface area contributed by atoms with Crippen molar-refractivity contribution in [2.75, 3.05) is 13.7 Å². The summed E-state index contributed by atoms with van der Waals surface area (Å²) in [5.74, 6) is -0.475. The maximum Gasteiger partial charge on any atom is 0.305 e. The van der Waals surface area contributed by atoms with Gasteiger partial charge in [0.05, 0.1) is 42.5 Å². The van der Waals surface area contributed by atoms with E-state index in [4.69, 9.17) is 14.7 Å². The summed E-state index contributed by atoms with van der Waals surface area (Å²) in [5.41, 5.74) is 3.65. The first kappa shape index (κ1) is 20.9. The number of aromatic nitrogens is 1. The number of esters is 1. The van der Waals surface area contributed by atoms with Gasteiger partial charge in [0, 0.05) is 29.6 Å². The van der Waals surface area contributed by atoms with Crippen LogP contribution >= 0.6 is 15.9 Å². The first-order chi connectivity index (χ1) is 14.0. The maximum atomic E-state index is 11.7. The zero-order valence-electron chi connectivity index (χ0n) is 16.2. The number of methoxy groups -OCH3 is 1. The second-order valence-corrected chi connectivity index (χ2v) is 7.41. The van der Waals surface area contributed by atoms with Crippen LogP contribution in [0.3, 0.4) is 0 Å². The number of hydrogen-bond acceptors (Lipinski definition) is 6. The third-order valence-electron chi connectivity index (χ3n) is 4.42. The molecule has 29 heavy (non-hydrogen) atoms. The van der Waals surface area contributed by atoms with Gasteiger partial charge in [0.15, 0.2) is 0 Å². The molecule has 0 aliphatic carbocycles. The van der Waals surface area contributed by atoms with E-state index >= 15 is 0 Å². The lowest BCUT2D eigenvalue weighted by Crippen LogP contribution is -2.34. The number of benzene rings is 1. The summed E-state index contributed by atoms with van der Waals surface area (Å²) in [5, 5.41) is 2.79. The summed E-state index contributed by atoms with van der Waals surface area (Å²) >= 11 is 3.51. The number of carbonyl (C=O) groups excluding carboxylic acids is 2. The predicted octanol–water partition coefficient (Wildman–Crippen LogP) is 3.23. The highest BCUT2D eigenvalue weighted by Crippen LogP contribution is 2.30. The van der Waals surface area contributed by atoms with Crippen molar-refractivity contribution in [3.63, 3.8) is 0 Å². The van der Waals surface area contributed by atoms with Gasteiger partial charge in [0.25, 0.3) is 0 Å². The van der Waals surface area contributed by atoms with E-state index in [1.807, 2.05) is 36.4 Å². The minimum absolute atomic E-state index is 0.159. The standard InChI is InChI=1S/C21H21BrN4O3/c1-13(27)24-12-19-17(8-9-20(28)29-2)26-21(18-5-3-4-10-23-18)15-11-14(22)6-7-16(15)25-19/h3-7,10-11,17H,8-9,12H2,1-2H3,(H,24,27)/t17-/m0/s1. The first-order valence-corrected chi connectivity index (χ1v) is 9.95. The molecule has 1 aliphatic rings. The highest BCUT2D eigenvalue weighted by Gasteiger charge is 2.25. The van der Waals surface area contributed by atoms with Gasteiger partial charge in [-0.1, -0.05) is 22.0 Å². The Kier molecular flexibility index (Phi) is 6.87. The highest BCUT2D eigenvalue weighted by atomic mass is 79.9. The maximum absolute atomic E-state index is 11.7. The van der Waals surface area contributed by atoms with E-state index < -0.39 is 6.04 Å². The monoisotopic (exact) mass is 456 g/mol. The number of nitrogens with one attached hydrogen (secondary N) is 1. The molecule has 2 heterocycles. The molecular formula is C21H21BrN4O3. The zero-order valence-corrected chi connectivity index (χ0v) is 17.8. The van der Waals surface area contributed by atoms with Gasteiger partial charge in [-0.15, -0.1) is 0 Å². The van der Waals surface area contributed by atoms with Crippen molar-refractivity contribution in [3.05, 3.63) is 58.3 Å². The first-order valence-electron chi connectivity index (χ1n) is 9.15. The molecule has 7 nitrogen and oxygen atoms in total. The van der Waals surface area contributed by atoms with Crippen LogP contribution in [0.4, 0.5) is 5.69 Å². The van der Waals surface area contributed by atoms with Crippen LogP contribution in [0.2, 0.25) is 0 Å². The Morgan fingerprint density at radius 2 is 2.07 bits per heavy atom. The van der Waals surface area contributed by atoms with Crippen molar-refractivity contribution in [1.82, 2.24) is 10.3 Å². The Labute approximate surface area is 177 Å². The number of rotatable bonds is 6.